The number of rotatable bonds is 7. The summed E-state index contributed by atoms with van der Waals surface area (Å²) in [7, 11) is 0. The van der Waals surface area contributed by atoms with Crippen molar-refractivity contribution in [3.63, 3.8) is 0 Å². The molecule has 1 rings (SSSR count). The number of amides is 2. The van der Waals surface area contributed by atoms with Gasteiger partial charge in [-0.2, -0.15) is 0 Å². The van der Waals surface area contributed by atoms with Crippen LogP contribution in [0.1, 0.15) is 40.0 Å². The van der Waals surface area contributed by atoms with Crippen LogP contribution in [-0.2, 0) is 9.59 Å². The maximum Gasteiger partial charge on any atom is 0.244 e. The van der Waals surface area contributed by atoms with Gasteiger partial charge >= 0.3 is 0 Å². The summed E-state index contributed by atoms with van der Waals surface area (Å²) in [5.74, 6) is 0.598. The molecule has 5 heteroatoms. The molecule has 1 aliphatic rings. The fraction of sp³-hybridized carbons (Fsp3) is 0.857. The van der Waals surface area contributed by atoms with Gasteiger partial charge in [0.1, 0.15) is 6.04 Å². The Balaban J connectivity index is 2.28. The Morgan fingerprint density at radius 3 is 2.58 bits per heavy atom. The number of carbonyl (C=O) groups excluding carboxylic acids is 2. The molecule has 1 fully saturated rings. The van der Waals surface area contributed by atoms with Gasteiger partial charge in [0.2, 0.25) is 11.8 Å². The van der Waals surface area contributed by atoms with Crippen molar-refractivity contribution in [1.29, 1.82) is 0 Å². The largest absolute Gasteiger partial charge is 0.345 e. The molecule has 0 saturated carbocycles. The SMILES string of the molecule is CCN(CC)C(=O)C(C)NC(=O)CCC1CCNC1. The van der Waals surface area contributed by atoms with Crippen LogP contribution in [0, 0.1) is 5.92 Å². The Morgan fingerprint density at radius 1 is 1.37 bits per heavy atom. The van der Waals surface area contributed by atoms with Gasteiger partial charge in [0.25, 0.3) is 0 Å². The Bertz CT molecular complexity index is 297. The summed E-state index contributed by atoms with van der Waals surface area (Å²) in [6, 6.07) is -0.422. The number of hydrogen-bond acceptors (Lipinski definition) is 3. The van der Waals surface area contributed by atoms with Gasteiger partial charge in [-0.15, -0.1) is 0 Å². The second-order valence-electron chi connectivity index (χ2n) is 5.20. The lowest BCUT2D eigenvalue weighted by atomic mass is 10.0. The van der Waals surface area contributed by atoms with Gasteiger partial charge in [0, 0.05) is 19.5 Å². The predicted octanol–water partition coefficient (Wildman–Crippen LogP) is 0.749. The highest BCUT2D eigenvalue weighted by molar-refractivity contribution is 5.87. The topological polar surface area (TPSA) is 61.4 Å². The molecule has 0 aromatic heterocycles. The molecule has 19 heavy (non-hydrogen) atoms. The molecular formula is C14H27N3O2. The van der Waals surface area contributed by atoms with Gasteiger partial charge in [-0.05, 0) is 52.6 Å². The first-order valence-corrected chi connectivity index (χ1v) is 7.37. The maximum atomic E-state index is 12.0. The average Bonchev–Trinajstić information content (AvgIpc) is 2.90. The van der Waals surface area contributed by atoms with Crippen molar-refractivity contribution in [2.45, 2.75) is 46.1 Å². The van der Waals surface area contributed by atoms with E-state index in [0.717, 1.165) is 25.9 Å². The van der Waals surface area contributed by atoms with Crippen molar-refractivity contribution in [2.24, 2.45) is 5.92 Å². The van der Waals surface area contributed by atoms with Gasteiger partial charge in [-0.3, -0.25) is 9.59 Å². The molecule has 0 spiro atoms. The average molecular weight is 269 g/mol. The van der Waals surface area contributed by atoms with E-state index < -0.39 is 6.04 Å². The molecule has 2 atom stereocenters. The number of hydrogen-bond donors (Lipinski definition) is 2. The highest BCUT2D eigenvalue weighted by Crippen LogP contribution is 2.14. The molecule has 0 aliphatic carbocycles. The first-order valence-electron chi connectivity index (χ1n) is 7.37. The van der Waals surface area contributed by atoms with Crippen LogP contribution < -0.4 is 10.6 Å². The van der Waals surface area contributed by atoms with E-state index in [1.165, 1.54) is 0 Å². The quantitative estimate of drug-likeness (QED) is 0.717. The minimum absolute atomic E-state index is 0.000818. The summed E-state index contributed by atoms with van der Waals surface area (Å²) in [6.07, 6.45) is 2.58. The maximum absolute atomic E-state index is 12.0. The van der Waals surface area contributed by atoms with E-state index in [4.69, 9.17) is 0 Å². The third-order valence-corrected chi connectivity index (χ3v) is 3.77. The highest BCUT2D eigenvalue weighted by Gasteiger charge is 2.21. The molecule has 2 amide bonds. The summed E-state index contributed by atoms with van der Waals surface area (Å²) < 4.78 is 0. The summed E-state index contributed by atoms with van der Waals surface area (Å²) in [5.41, 5.74) is 0. The van der Waals surface area contributed by atoms with Crippen LogP contribution in [0.15, 0.2) is 0 Å². The number of likely N-dealkylation sites (N-methyl/N-ethyl adjacent to an activating group) is 1. The normalized spacial score (nSPS) is 20.1. The summed E-state index contributed by atoms with van der Waals surface area (Å²) in [4.78, 5) is 25.6. The van der Waals surface area contributed by atoms with Crippen LogP contribution in [0.3, 0.4) is 0 Å². The molecule has 0 radical (unpaired) electrons. The van der Waals surface area contributed by atoms with E-state index in [9.17, 15) is 9.59 Å². The van der Waals surface area contributed by atoms with E-state index >= 15 is 0 Å². The van der Waals surface area contributed by atoms with Gasteiger partial charge < -0.3 is 15.5 Å². The Labute approximate surface area is 116 Å². The number of nitrogens with zero attached hydrogens (tertiary/aromatic N) is 1. The Hall–Kier alpha value is -1.10. The molecule has 0 bridgehead atoms. The smallest absolute Gasteiger partial charge is 0.244 e. The zero-order valence-electron chi connectivity index (χ0n) is 12.4. The fourth-order valence-corrected chi connectivity index (χ4v) is 2.48. The van der Waals surface area contributed by atoms with Gasteiger partial charge in [0.15, 0.2) is 0 Å². The third-order valence-electron chi connectivity index (χ3n) is 3.77. The highest BCUT2D eigenvalue weighted by atomic mass is 16.2. The van der Waals surface area contributed by atoms with Crippen molar-refractivity contribution >= 4 is 11.8 Å². The summed E-state index contributed by atoms with van der Waals surface area (Å²) >= 11 is 0. The number of carbonyl (C=O) groups is 2. The zero-order valence-corrected chi connectivity index (χ0v) is 12.4. The summed E-state index contributed by atoms with van der Waals surface area (Å²) in [5, 5.41) is 6.09. The fourth-order valence-electron chi connectivity index (χ4n) is 2.48. The standard InChI is InChI=1S/C14H27N3O2/c1-4-17(5-2)14(19)11(3)16-13(18)7-6-12-8-9-15-10-12/h11-12,15H,4-10H2,1-3H3,(H,16,18). The predicted molar refractivity (Wildman–Crippen MR) is 75.7 cm³/mol. The van der Waals surface area contributed by atoms with E-state index in [1.54, 1.807) is 11.8 Å². The van der Waals surface area contributed by atoms with E-state index in [1.807, 2.05) is 13.8 Å². The van der Waals surface area contributed by atoms with Crippen LogP contribution in [0.4, 0.5) is 0 Å². The lowest BCUT2D eigenvalue weighted by Crippen LogP contribution is -2.46. The van der Waals surface area contributed by atoms with Gasteiger partial charge in [-0.25, -0.2) is 0 Å². The monoisotopic (exact) mass is 269 g/mol. The van der Waals surface area contributed by atoms with E-state index in [0.29, 0.717) is 25.4 Å². The molecule has 1 heterocycles. The Kier molecular flexibility index (Phi) is 6.84. The molecule has 1 saturated heterocycles. The number of nitrogens with one attached hydrogen (secondary N) is 2. The van der Waals surface area contributed by atoms with Gasteiger partial charge in [-0.1, -0.05) is 0 Å². The van der Waals surface area contributed by atoms with E-state index in [2.05, 4.69) is 10.6 Å². The van der Waals surface area contributed by atoms with Gasteiger partial charge in [0.05, 0.1) is 0 Å². The van der Waals surface area contributed by atoms with Crippen LogP contribution in [0.25, 0.3) is 0 Å². The van der Waals surface area contributed by atoms with Crippen molar-refractivity contribution in [3.05, 3.63) is 0 Å². The van der Waals surface area contributed by atoms with Crippen LogP contribution >= 0.6 is 0 Å². The Morgan fingerprint density at radius 2 is 2.05 bits per heavy atom. The molecule has 2 N–H and O–H groups in total. The molecule has 0 aromatic rings. The molecule has 110 valence electrons. The second kappa shape index (κ2) is 8.15. The molecule has 2 unspecified atom stereocenters. The summed E-state index contributed by atoms with van der Waals surface area (Å²) in [6.45, 7) is 9.10. The zero-order chi connectivity index (χ0) is 14.3. The first kappa shape index (κ1) is 16.0. The molecule has 5 nitrogen and oxygen atoms in total. The third kappa shape index (κ3) is 5.19. The van der Waals surface area contributed by atoms with E-state index in [-0.39, 0.29) is 11.8 Å². The van der Waals surface area contributed by atoms with Crippen LogP contribution in [-0.4, -0.2) is 48.9 Å². The lowest BCUT2D eigenvalue weighted by Gasteiger charge is -2.23. The second-order valence-corrected chi connectivity index (χ2v) is 5.20. The lowest BCUT2D eigenvalue weighted by molar-refractivity contribution is -0.135. The van der Waals surface area contributed by atoms with Crippen molar-refractivity contribution in [3.8, 4) is 0 Å². The van der Waals surface area contributed by atoms with Crippen LogP contribution in [0.5, 0.6) is 0 Å². The molecule has 1 aliphatic heterocycles. The van der Waals surface area contributed by atoms with Crippen molar-refractivity contribution < 1.29 is 9.59 Å². The van der Waals surface area contributed by atoms with Crippen molar-refractivity contribution in [2.75, 3.05) is 26.2 Å². The minimum Gasteiger partial charge on any atom is -0.345 e. The molecular weight excluding hydrogens is 242 g/mol. The minimum atomic E-state index is -0.422. The van der Waals surface area contributed by atoms with Crippen LogP contribution in [0.2, 0.25) is 0 Å². The van der Waals surface area contributed by atoms with Crippen molar-refractivity contribution in [1.82, 2.24) is 15.5 Å². The first-order chi connectivity index (χ1) is 9.08. The molecule has 0 aromatic carbocycles.